The fourth-order valence-corrected chi connectivity index (χ4v) is 4.74. The average Bonchev–Trinajstić information content (AvgIpc) is 3.51. The van der Waals surface area contributed by atoms with Crippen molar-refractivity contribution in [3.63, 3.8) is 0 Å². The van der Waals surface area contributed by atoms with Crippen LogP contribution in [0.4, 0.5) is 16.2 Å². The Morgan fingerprint density at radius 1 is 1.20 bits per heavy atom. The summed E-state index contributed by atoms with van der Waals surface area (Å²) in [5.74, 6) is 0. The van der Waals surface area contributed by atoms with E-state index >= 15 is 0 Å². The van der Waals surface area contributed by atoms with Crippen LogP contribution in [0.5, 0.6) is 0 Å². The number of carbonyl (C=O) groups excluding carboxylic acids is 1. The van der Waals surface area contributed by atoms with Crippen LogP contribution in [0.25, 0.3) is 0 Å². The van der Waals surface area contributed by atoms with Crippen LogP contribution in [0.1, 0.15) is 16.8 Å². The molecule has 3 aliphatic heterocycles. The number of aliphatic hydroxyl groups is 1. The molecule has 0 bridgehead atoms. The van der Waals surface area contributed by atoms with Gasteiger partial charge in [0, 0.05) is 30.2 Å². The maximum atomic E-state index is 12.5. The van der Waals surface area contributed by atoms with Crippen LogP contribution >= 0.6 is 0 Å². The molecule has 0 saturated carbocycles. The van der Waals surface area contributed by atoms with Crippen LogP contribution in [-0.2, 0) is 37.3 Å². The van der Waals surface area contributed by atoms with Crippen molar-refractivity contribution in [3.05, 3.63) is 53.6 Å². The van der Waals surface area contributed by atoms with E-state index in [0.29, 0.717) is 13.1 Å². The Kier molecular flexibility index (Phi) is 3.82. The van der Waals surface area contributed by atoms with Crippen LogP contribution in [0.15, 0.2) is 36.8 Å². The Morgan fingerprint density at radius 3 is 2.93 bits per heavy atom. The number of aromatic nitrogens is 5. The maximum absolute atomic E-state index is 12.5. The lowest BCUT2D eigenvalue weighted by Crippen LogP contribution is -2.35. The molecule has 154 valence electrons. The molecular formula is C20H21N7O3. The van der Waals surface area contributed by atoms with Gasteiger partial charge in [-0.3, -0.25) is 9.58 Å². The number of anilines is 2. The molecule has 30 heavy (non-hydrogen) atoms. The summed E-state index contributed by atoms with van der Waals surface area (Å²) in [5.41, 5.74) is 5.47. The van der Waals surface area contributed by atoms with Gasteiger partial charge >= 0.3 is 6.09 Å². The molecule has 2 aromatic heterocycles. The number of ether oxygens (including phenoxy) is 1. The van der Waals surface area contributed by atoms with Gasteiger partial charge in [-0.1, -0.05) is 5.21 Å². The SMILES string of the molecule is O=C1O[C@@H](Cn2ccnn2)C2Cc3cc(N4Cc5cn(CCO)nc5C4)ccc3N12. The largest absolute Gasteiger partial charge is 0.442 e. The minimum Gasteiger partial charge on any atom is -0.442 e. The first-order valence-electron chi connectivity index (χ1n) is 10.1. The number of aliphatic hydroxyl groups excluding tert-OH is 1. The van der Waals surface area contributed by atoms with E-state index in [9.17, 15) is 4.79 Å². The van der Waals surface area contributed by atoms with E-state index in [1.165, 1.54) is 5.56 Å². The van der Waals surface area contributed by atoms with Gasteiger partial charge in [-0.25, -0.2) is 9.48 Å². The van der Waals surface area contributed by atoms with E-state index in [0.717, 1.165) is 42.1 Å². The van der Waals surface area contributed by atoms with E-state index in [1.807, 2.05) is 12.3 Å². The quantitative estimate of drug-likeness (QED) is 0.672. The van der Waals surface area contributed by atoms with Crippen molar-refractivity contribution in [2.24, 2.45) is 0 Å². The van der Waals surface area contributed by atoms with Crippen LogP contribution < -0.4 is 9.80 Å². The van der Waals surface area contributed by atoms with Crippen LogP contribution in [0, 0.1) is 0 Å². The summed E-state index contributed by atoms with van der Waals surface area (Å²) >= 11 is 0. The molecule has 3 aromatic rings. The number of amides is 1. The first-order chi connectivity index (χ1) is 14.7. The lowest BCUT2D eigenvalue weighted by atomic mass is 10.0. The molecule has 0 spiro atoms. The third-order valence-corrected chi connectivity index (χ3v) is 6.12. The molecule has 10 heteroatoms. The second kappa shape index (κ2) is 6.56. The van der Waals surface area contributed by atoms with Gasteiger partial charge in [0.1, 0.15) is 6.10 Å². The summed E-state index contributed by atoms with van der Waals surface area (Å²) in [6, 6.07) is 6.24. The molecule has 2 atom stereocenters. The summed E-state index contributed by atoms with van der Waals surface area (Å²) in [4.78, 5) is 16.6. The van der Waals surface area contributed by atoms with Crippen molar-refractivity contribution in [1.82, 2.24) is 24.8 Å². The third kappa shape index (κ3) is 2.67. The molecule has 6 rings (SSSR count). The van der Waals surface area contributed by atoms with Crippen LogP contribution in [0.3, 0.4) is 0 Å². The van der Waals surface area contributed by atoms with Gasteiger partial charge in [0.25, 0.3) is 0 Å². The zero-order valence-electron chi connectivity index (χ0n) is 16.3. The monoisotopic (exact) mass is 407 g/mol. The number of carbonyl (C=O) groups is 1. The molecule has 0 radical (unpaired) electrons. The minimum atomic E-state index is -0.296. The predicted octanol–water partition coefficient (Wildman–Crippen LogP) is 0.937. The summed E-state index contributed by atoms with van der Waals surface area (Å²) in [6.45, 7) is 2.65. The number of hydrogen-bond donors (Lipinski definition) is 1. The van der Waals surface area contributed by atoms with E-state index in [2.05, 4.69) is 32.4 Å². The first kappa shape index (κ1) is 17.5. The highest BCUT2D eigenvalue weighted by atomic mass is 16.6. The highest BCUT2D eigenvalue weighted by Crippen LogP contribution is 2.41. The highest BCUT2D eigenvalue weighted by molar-refractivity contribution is 5.94. The van der Waals surface area contributed by atoms with Gasteiger partial charge in [-0.15, -0.1) is 5.10 Å². The lowest BCUT2D eigenvalue weighted by molar-refractivity contribution is 0.117. The van der Waals surface area contributed by atoms with Crippen molar-refractivity contribution < 1.29 is 14.6 Å². The van der Waals surface area contributed by atoms with Crippen molar-refractivity contribution in [1.29, 1.82) is 0 Å². The zero-order chi connectivity index (χ0) is 20.2. The molecule has 0 aliphatic carbocycles. The fourth-order valence-electron chi connectivity index (χ4n) is 4.74. The number of cyclic esters (lactones) is 1. The summed E-state index contributed by atoms with van der Waals surface area (Å²) in [6.07, 6.45) is 5.63. The first-order valence-corrected chi connectivity index (χ1v) is 10.1. The molecule has 1 amide bonds. The van der Waals surface area contributed by atoms with E-state index in [4.69, 9.17) is 9.84 Å². The number of hydrogen-bond acceptors (Lipinski definition) is 7. The second-order valence-corrected chi connectivity index (χ2v) is 7.95. The van der Waals surface area contributed by atoms with Crippen LogP contribution in [-0.4, -0.2) is 54.7 Å². The minimum absolute atomic E-state index is 0.0240. The Balaban J connectivity index is 1.21. The molecule has 3 aliphatic rings. The predicted molar refractivity (Wildman–Crippen MR) is 106 cm³/mol. The Labute approximate surface area is 172 Å². The molecule has 1 N–H and O–H groups in total. The van der Waals surface area contributed by atoms with Gasteiger partial charge in [0.2, 0.25) is 0 Å². The molecule has 1 fully saturated rings. The molecule has 1 aromatic carbocycles. The van der Waals surface area contributed by atoms with Crippen LogP contribution in [0.2, 0.25) is 0 Å². The van der Waals surface area contributed by atoms with Crippen molar-refractivity contribution in [2.45, 2.75) is 44.7 Å². The third-order valence-electron chi connectivity index (χ3n) is 6.12. The number of nitrogens with zero attached hydrogens (tertiary/aromatic N) is 7. The standard InChI is InChI=1S/C20H21N7O3/c28-6-5-25-10-14-9-24(11-16(14)22-25)15-1-2-17-13(7-15)8-18-19(30-20(29)27(17)18)12-26-4-3-21-23-26/h1-4,7,10,18-19,28H,5-6,8-9,11-12H2/t18?,19-/m0/s1. The Bertz CT molecular complexity index is 1090. The molecule has 5 heterocycles. The lowest BCUT2D eigenvalue weighted by Gasteiger charge is -2.19. The Morgan fingerprint density at radius 2 is 2.13 bits per heavy atom. The van der Waals surface area contributed by atoms with Gasteiger partial charge in [0.05, 0.1) is 49.9 Å². The number of fused-ring (bicyclic) bond motifs is 4. The highest BCUT2D eigenvalue weighted by Gasteiger charge is 2.47. The average molecular weight is 407 g/mol. The van der Waals surface area contributed by atoms with E-state index < -0.39 is 0 Å². The van der Waals surface area contributed by atoms with E-state index in [-0.39, 0.29) is 24.8 Å². The van der Waals surface area contributed by atoms with Gasteiger partial charge in [-0.05, 0) is 30.2 Å². The normalized spacial score (nSPS) is 21.7. The second-order valence-electron chi connectivity index (χ2n) is 7.95. The summed E-state index contributed by atoms with van der Waals surface area (Å²) in [7, 11) is 0. The molecule has 10 nitrogen and oxygen atoms in total. The van der Waals surface area contributed by atoms with Gasteiger partial charge in [-0.2, -0.15) is 5.10 Å². The molecule has 1 saturated heterocycles. The smallest absolute Gasteiger partial charge is 0.415 e. The van der Waals surface area contributed by atoms with Crippen molar-refractivity contribution >= 4 is 17.5 Å². The summed E-state index contributed by atoms with van der Waals surface area (Å²) in [5, 5.41) is 21.5. The summed E-state index contributed by atoms with van der Waals surface area (Å²) < 4.78 is 9.12. The number of rotatable bonds is 5. The van der Waals surface area contributed by atoms with Gasteiger partial charge < -0.3 is 14.7 Å². The van der Waals surface area contributed by atoms with E-state index in [1.54, 1.807) is 26.7 Å². The Hall–Kier alpha value is -3.40. The molecule has 1 unspecified atom stereocenters. The van der Waals surface area contributed by atoms with Gasteiger partial charge in [0.15, 0.2) is 0 Å². The fraction of sp³-hybridized carbons (Fsp3) is 0.400. The van der Waals surface area contributed by atoms with Crippen molar-refractivity contribution in [3.8, 4) is 0 Å². The topological polar surface area (TPSA) is 102 Å². The van der Waals surface area contributed by atoms with Crippen molar-refractivity contribution in [2.75, 3.05) is 16.4 Å². The zero-order valence-corrected chi connectivity index (χ0v) is 16.3. The molecular weight excluding hydrogens is 386 g/mol. The number of benzene rings is 1. The maximum Gasteiger partial charge on any atom is 0.415 e.